The van der Waals surface area contributed by atoms with Crippen LogP contribution >= 0.6 is 7.75 Å². The molecule has 6 atom stereocenters. The van der Waals surface area contributed by atoms with E-state index in [9.17, 15) is 32.1 Å². The second-order valence-corrected chi connectivity index (χ2v) is 15.9. The van der Waals surface area contributed by atoms with E-state index in [1.54, 1.807) is 12.1 Å². The fourth-order valence-corrected chi connectivity index (χ4v) is 7.64. The van der Waals surface area contributed by atoms with Crippen molar-refractivity contribution < 1.29 is 45.2 Å². The molecule has 0 spiro atoms. The summed E-state index contributed by atoms with van der Waals surface area (Å²) in [5.74, 6) is -1.21. The van der Waals surface area contributed by atoms with Crippen LogP contribution < -0.4 is 16.6 Å². The van der Waals surface area contributed by atoms with Gasteiger partial charge in [-0.2, -0.15) is 12.8 Å². The molecule has 3 heterocycles. The van der Waals surface area contributed by atoms with E-state index < -0.39 is 66.2 Å². The summed E-state index contributed by atoms with van der Waals surface area (Å²) in [6.07, 6.45) is -2.24. The molecule has 1 aromatic carbocycles. The van der Waals surface area contributed by atoms with Gasteiger partial charge in [0, 0.05) is 24.9 Å². The van der Waals surface area contributed by atoms with Crippen molar-refractivity contribution in [2.45, 2.75) is 88.2 Å². The fraction of sp³-hybridized carbons (Fsp3) is 0.643. The number of rotatable bonds is 14. The van der Waals surface area contributed by atoms with Gasteiger partial charge in [-0.25, -0.2) is 14.0 Å². The zero-order valence-corrected chi connectivity index (χ0v) is 28.1. The summed E-state index contributed by atoms with van der Waals surface area (Å²) in [7, 11) is -6.86. The van der Waals surface area contributed by atoms with Crippen molar-refractivity contribution in [3.05, 3.63) is 62.7 Å². The Morgan fingerprint density at radius 2 is 1.87 bits per heavy atom. The Labute approximate surface area is 266 Å². The molecule has 2 aliphatic heterocycles. The van der Waals surface area contributed by atoms with E-state index >= 15 is 0 Å². The highest BCUT2D eigenvalue weighted by Gasteiger charge is 2.40. The quantitative estimate of drug-likeness (QED) is 0.193. The molecule has 2 fully saturated rings. The lowest BCUT2D eigenvalue weighted by Gasteiger charge is -2.40. The monoisotopic (exact) mass is 692 g/mol. The molecule has 18 heteroatoms. The third kappa shape index (κ3) is 9.40. The van der Waals surface area contributed by atoms with Crippen molar-refractivity contribution in [3.8, 4) is 0 Å². The van der Waals surface area contributed by atoms with Crippen LogP contribution in [0, 0.1) is 12.7 Å². The van der Waals surface area contributed by atoms with Gasteiger partial charge in [0.15, 0.2) is 0 Å². The predicted octanol–water partition coefficient (Wildman–Crippen LogP) is 2.00. The largest absolute Gasteiger partial charge is 0.408 e. The molecule has 2 aliphatic rings. The predicted molar refractivity (Wildman–Crippen MR) is 163 cm³/mol. The summed E-state index contributed by atoms with van der Waals surface area (Å²) in [5.41, 5.74) is -1.44. The topological polar surface area (TPSA) is 188 Å². The molecule has 0 saturated carbocycles. The summed E-state index contributed by atoms with van der Waals surface area (Å²) < 4.78 is 83.5. The number of likely N-dealkylation sites (N-methyl/N-ethyl adjacent to an activating group) is 1. The van der Waals surface area contributed by atoms with E-state index in [-0.39, 0.29) is 42.7 Å². The number of aliphatic hydroxyl groups excluding tert-OH is 1. The van der Waals surface area contributed by atoms with Gasteiger partial charge in [-0.15, -0.1) is 0 Å². The van der Waals surface area contributed by atoms with Crippen LogP contribution in [0.3, 0.4) is 0 Å². The van der Waals surface area contributed by atoms with Crippen LogP contribution in [0.15, 0.2) is 44.9 Å². The summed E-state index contributed by atoms with van der Waals surface area (Å²) >= 11 is 0. The van der Waals surface area contributed by atoms with E-state index in [1.807, 2.05) is 32.7 Å². The van der Waals surface area contributed by atoms with Crippen LogP contribution in [0.4, 0.5) is 4.39 Å². The van der Waals surface area contributed by atoms with Crippen molar-refractivity contribution in [2.24, 2.45) is 0 Å². The second kappa shape index (κ2) is 14.8. The third-order valence-corrected chi connectivity index (χ3v) is 10.9. The molecule has 0 amide bonds. The van der Waals surface area contributed by atoms with E-state index in [0.717, 1.165) is 16.6 Å². The van der Waals surface area contributed by atoms with Gasteiger partial charge in [0.2, 0.25) is 5.82 Å². The molecule has 46 heavy (non-hydrogen) atoms. The van der Waals surface area contributed by atoms with Crippen molar-refractivity contribution >= 4 is 17.9 Å². The Morgan fingerprint density at radius 1 is 1.17 bits per heavy atom. The molecule has 0 aliphatic carbocycles. The van der Waals surface area contributed by atoms with Gasteiger partial charge >= 0.3 is 13.4 Å². The fourth-order valence-electron chi connectivity index (χ4n) is 5.28. The minimum atomic E-state index is -4.17. The van der Waals surface area contributed by atoms with Gasteiger partial charge in [0.25, 0.3) is 15.7 Å². The van der Waals surface area contributed by atoms with Crippen LogP contribution in [0.5, 0.6) is 0 Å². The molecule has 1 aromatic heterocycles. The lowest BCUT2D eigenvalue weighted by Crippen LogP contribution is -2.55. The molecule has 0 bridgehead atoms. The van der Waals surface area contributed by atoms with E-state index in [2.05, 4.69) is 5.32 Å². The summed E-state index contributed by atoms with van der Waals surface area (Å²) in [6, 6.07) is 6.12. The average molecular weight is 693 g/mol. The van der Waals surface area contributed by atoms with Crippen molar-refractivity contribution in [3.63, 3.8) is 0 Å². The number of ether oxygens (including phenoxy) is 2. The summed E-state index contributed by atoms with van der Waals surface area (Å²) in [4.78, 5) is 25.4. The number of hydrogen-bond donors (Lipinski definition) is 3. The molecule has 2 aromatic rings. The number of nitrogens with one attached hydrogen (secondary N) is 2. The van der Waals surface area contributed by atoms with Crippen LogP contribution in [0.1, 0.15) is 51.8 Å². The number of nitrogens with zero attached hydrogens (tertiary/aromatic N) is 2. The lowest BCUT2D eigenvalue weighted by atomic mass is 9.95. The van der Waals surface area contributed by atoms with Crippen LogP contribution in [-0.2, 0) is 37.4 Å². The van der Waals surface area contributed by atoms with Crippen LogP contribution in [0.2, 0.25) is 0 Å². The molecule has 3 N–H and O–H groups in total. The molecule has 0 radical (unpaired) electrons. The molecular weight excluding hydrogens is 650 g/mol. The number of H-pyrrole nitrogens is 1. The second-order valence-electron chi connectivity index (χ2n) is 12.1. The van der Waals surface area contributed by atoms with Gasteiger partial charge < -0.3 is 14.6 Å². The van der Waals surface area contributed by atoms with Gasteiger partial charge in [-0.1, -0.05) is 17.7 Å². The number of aromatic nitrogens is 2. The van der Waals surface area contributed by atoms with Crippen LogP contribution in [0.25, 0.3) is 0 Å². The maximum Gasteiger partial charge on any atom is 0.408 e. The Hall–Kier alpha value is -2.31. The zero-order chi connectivity index (χ0) is 33.9. The number of aliphatic hydroxyl groups is 1. The highest BCUT2D eigenvalue weighted by atomic mass is 32.2. The normalized spacial score (nSPS) is 26.3. The number of aryl methyl sites for hydroxylation is 1. The Kier molecular flexibility index (Phi) is 11.8. The van der Waals surface area contributed by atoms with E-state index in [1.165, 1.54) is 23.9 Å². The Bertz CT molecular complexity index is 1620. The summed E-state index contributed by atoms with van der Waals surface area (Å²) in [6.45, 7) is 6.75. The van der Waals surface area contributed by atoms with Crippen molar-refractivity contribution in [1.82, 2.24) is 19.5 Å². The molecule has 258 valence electrons. The number of benzene rings is 1. The first-order valence-electron chi connectivity index (χ1n) is 14.8. The molecular formula is C28H42FN4O11PS. The SMILES string of the molecule is Cc1ccc(S(=O)(=O)OCCN(C)P(=O)(OCCC2NC(C)(C)CC(C)O2)OCC2OC(n3cc(F)c(=O)[nH]c3=O)CC2O)cc1. The smallest absolute Gasteiger partial charge is 0.390 e. The minimum Gasteiger partial charge on any atom is -0.390 e. The number of halogens is 1. The molecule has 15 nitrogen and oxygen atoms in total. The van der Waals surface area contributed by atoms with Gasteiger partial charge in [0.1, 0.15) is 18.6 Å². The molecule has 6 unspecified atom stereocenters. The van der Waals surface area contributed by atoms with Gasteiger partial charge in [-0.05, 0) is 53.3 Å². The highest BCUT2D eigenvalue weighted by molar-refractivity contribution is 7.86. The van der Waals surface area contributed by atoms with E-state index in [0.29, 0.717) is 12.6 Å². The average Bonchev–Trinajstić information content (AvgIpc) is 3.32. The van der Waals surface area contributed by atoms with Gasteiger partial charge in [-0.3, -0.25) is 32.9 Å². The van der Waals surface area contributed by atoms with Crippen molar-refractivity contribution in [2.75, 3.05) is 33.4 Å². The standard InChI is InChI=1S/C28H42FN4O11PS/c1-18-6-8-20(9-7-18)46(38,39)42-13-11-32(5)45(37,40-12-10-24-31-28(3,4)15-19(2)43-24)41-17-23-22(34)14-25(44-23)33-16-21(29)26(35)30-27(33)36/h6-9,16,19,22-25,31,34H,10-15,17H2,1-5H3,(H,30,35,36). The highest BCUT2D eigenvalue weighted by Crippen LogP contribution is 2.51. The number of hydrogen-bond acceptors (Lipinski definition) is 12. The first kappa shape index (κ1) is 36.5. The van der Waals surface area contributed by atoms with Crippen LogP contribution in [-0.4, -0.2) is 91.2 Å². The third-order valence-electron chi connectivity index (χ3n) is 7.60. The number of aromatic amines is 1. The van der Waals surface area contributed by atoms with E-state index in [4.69, 9.17) is 22.7 Å². The maximum atomic E-state index is 14.1. The summed E-state index contributed by atoms with van der Waals surface area (Å²) in [5, 5.41) is 14.0. The Morgan fingerprint density at radius 3 is 2.54 bits per heavy atom. The van der Waals surface area contributed by atoms with Crippen molar-refractivity contribution in [1.29, 1.82) is 0 Å². The molecule has 4 rings (SSSR count). The molecule has 2 saturated heterocycles. The first-order chi connectivity index (χ1) is 21.5. The zero-order valence-electron chi connectivity index (χ0n) is 26.4. The lowest BCUT2D eigenvalue weighted by molar-refractivity contribution is -0.0943. The maximum absolute atomic E-state index is 14.1. The minimum absolute atomic E-state index is 0.0167. The first-order valence-corrected chi connectivity index (χ1v) is 17.7. The van der Waals surface area contributed by atoms with Gasteiger partial charge in [0.05, 0.1) is 43.1 Å². The Balaban J connectivity index is 1.42.